The Labute approximate surface area is 291 Å². The number of carbonyl (C=O) groups excluding carboxylic acids is 1. The fourth-order valence-electron chi connectivity index (χ4n) is 5.95. The summed E-state index contributed by atoms with van der Waals surface area (Å²) in [6, 6.07) is 10.6. The smallest absolute Gasteiger partial charge is 0.186 e. The van der Waals surface area contributed by atoms with E-state index in [-0.39, 0.29) is 12.1 Å². The quantitative estimate of drug-likeness (QED) is 0.0667. The summed E-state index contributed by atoms with van der Waals surface area (Å²) in [4.78, 5) is 10.7. The SMILES string of the molecule is CC(=O)CCCCCCCc1ccccc1.CCCCCCCCCCCCCCC[C@@H](O)CCOC1OC(CO)C(O)C(O)C1O.O. The van der Waals surface area contributed by atoms with E-state index in [0.29, 0.717) is 12.2 Å². The molecule has 5 unspecified atom stereocenters. The van der Waals surface area contributed by atoms with Gasteiger partial charge in [0.15, 0.2) is 6.29 Å². The zero-order chi connectivity index (χ0) is 34.5. The topological polar surface area (TPSA) is 168 Å². The second-order valence-electron chi connectivity index (χ2n) is 13.5. The lowest BCUT2D eigenvalue weighted by atomic mass is 9.99. The zero-order valence-electron chi connectivity index (χ0n) is 30.3. The number of hydrogen-bond donors (Lipinski definition) is 5. The summed E-state index contributed by atoms with van der Waals surface area (Å²) >= 11 is 0. The van der Waals surface area contributed by atoms with Crippen LogP contribution in [0.2, 0.25) is 0 Å². The monoisotopic (exact) mass is 685 g/mol. The maximum atomic E-state index is 10.7. The molecule has 0 spiro atoms. The van der Waals surface area contributed by atoms with Crippen LogP contribution in [-0.2, 0) is 20.7 Å². The van der Waals surface area contributed by atoms with Crippen LogP contribution in [0.25, 0.3) is 0 Å². The summed E-state index contributed by atoms with van der Waals surface area (Å²) in [5.41, 5.74) is 1.44. The predicted molar refractivity (Wildman–Crippen MR) is 193 cm³/mol. The van der Waals surface area contributed by atoms with E-state index < -0.39 is 43.4 Å². The fourth-order valence-corrected chi connectivity index (χ4v) is 5.95. The first-order chi connectivity index (χ1) is 22.8. The summed E-state index contributed by atoms with van der Waals surface area (Å²) in [6.45, 7) is 3.62. The minimum atomic E-state index is -1.44. The molecule has 1 aromatic carbocycles. The lowest BCUT2D eigenvalue weighted by Gasteiger charge is -2.39. The van der Waals surface area contributed by atoms with Crippen LogP contribution in [0.15, 0.2) is 30.3 Å². The van der Waals surface area contributed by atoms with Crippen LogP contribution in [0.1, 0.15) is 154 Å². The van der Waals surface area contributed by atoms with Crippen LogP contribution in [0, 0.1) is 0 Å². The van der Waals surface area contributed by atoms with Crippen molar-refractivity contribution in [2.45, 2.75) is 192 Å². The Balaban J connectivity index is 0.00000109. The van der Waals surface area contributed by atoms with Crippen LogP contribution < -0.4 is 0 Å². The molecule has 1 saturated heterocycles. The molecule has 1 aliphatic heterocycles. The van der Waals surface area contributed by atoms with Gasteiger partial charge in [-0.1, -0.05) is 140 Å². The number of unbranched alkanes of at least 4 members (excludes halogenated alkanes) is 16. The third-order valence-electron chi connectivity index (χ3n) is 9.06. The molecule has 0 aromatic heterocycles. The summed E-state index contributed by atoms with van der Waals surface area (Å²) in [7, 11) is 0. The maximum Gasteiger partial charge on any atom is 0.186 e. The highest BCUT2D eigenvalue weighted by Gasteiger charge is 2.43. The molecular formula is C39H72O9. The number of carbonyl (C=O) groups is 1. The van der Waals surface area contributed by atoms with Gasteiger partial charge in [0.1, 0.15) is 30.2 Å². The van der Waals surface area contributed by atoms with Gasteiger partial charge in [0, 0.05) is 6.42 Å². The number of aryl methyl sites for hydroxylation is 1. The van der Waals surface area contributed by atoms with Crippen molar-refractivity contribution in [1.29, 1.82) is 0 Å². The van der Waals surface area contributed by atoms with Gasteiger partial charge in [-0.15, -0.1) is 0 Å². The van der Waals surface area contributed by atoms with Crippen molar-refractivity contribution in [2.75, 3.05) is 13.2 Å². The summed E-state index contributed by atoms with van der Waals surface area (Å²) in [5, 5.41) is 48.7. The van der Waals surface area contributed by atoms with Gasteiger partial charge < -0.3 is 45.3 Å². The highest BCUT2D eigenvalue weighted by molar-refractivity contribution is 5.75. The molecule has 2 rings (SSSR count). The maximum absolute atomic E-state index is 10.7. The average molecular weight is 685 g/mol. The molecule has 6 atom stereocenters. The molecule has 9 nitrogen and oxygen atoms in total. The van der Waals surface area contributed by atoms with Gasteiger partial charge in [0.25, 0.3) is 0 Å². The molecule has 0 radical (unpaired) electrons. The normalized spacial score (nSPS) is 21.2. The molecule has 7 N–H and O–H groups in total. The van der Waals surface area contributed by atoms with Crippen molar-refractivity contribution >= 4 is 5.78 Å². The molecule has 0 amide bonds. The van der Waals surface area contributed by atoms with Crippen LogP contribution >= 0.6 is 0 Å². The molecule has 9 heteroatoms. The highest BCUT2D eigenvalue weighted by Crippen LogP contribution is 2.22. The number of rotatable bonds is 27. The molecule has 0 saturated carbocycles. The first-order valence-electron chi connectivity index (χ1n) is 18.9. The number of ketones is 1. The lowest BCUT2D eigenvalue weighted by molar-refractivity contribution is -0.301. The molecule has 1 fully saturated rings. The Kier molecular flexibility index (Phi) is 30.6. The largest absolute Gasteiger partial charge is 0.412 e. The summed E-state index contributed by atoms with van der Waals surface area (Å²) in [5.74, 6) is 0.323. The van der Waals surface area contributed by atoms with E-state index in [0.717, 1.165) is 32.1 Å². The standard InChI is InChI=1S/C24H48O7.C15H22O.H2O/c1-2-3-4-5-6-7-8-9-10-11-12-13-14-15-19(26)16-17-30-24-23(29)22(28)21(27)20(18-25)31-24;1-14(16)10-6-3-2-4-7-11-15-12-8-5-9-13-15;/h19-29H,2-18H2,1H3;5,8-9,12-13H,2-4,6-7,10-11H2,1H3;1H2/t19-,20?,21?,22?,23?,24?;;/m1../s1. The van der Waals surface area contributed by atoms with E-state index in [9.17, 15) is 30.3 Å². The van der Waals surface area contributed by atoms with Gasteiger partial charge in [0.2, 0.25) is 0 Å². The molecule has 48 heavy (non-hydrogen) atoms. The van der Waals surface area contributed by atoms with Crippen molar-refractivity contribution in [1.82, 2.24) is 0 Å². The Morgan fingerprint density at radius 1 is 0.729 bits per heavy atom. The minimum absolute atomic E-state index is 0. The first-order valence-corrected chi connectivity index (χ1v) is 18.9. The number of Topliss-reactive ketones (excluding diaryl/α,β-unsaturated/α-hetero) is 1. The van der Waals surface area contributed by atoms with Gasteiger partial charge in [-0.05, 0) is 44.6 Å². The third-order valence-corrected chi connectivity index (χ3v) is 9.06. The summed E-state index contributed by atoms with van der Waals surface area (Å²) < 4.78 is 10.7. The van der Waals surface area contributed by atoms with Crippen molar-refractivity contribution in [3.8, 4) is 0 Å². The zero-order valence-corrected chi connectivity index (χ0v) is 30.3. The molecule has 1 heterocycles. The van der Waals surface area contributed by atoms with Gasteiger partial charge >= 0.3 is 0 Å². The van der Waals surface area contributed by atoms with Crippen molar-refractivity contribution in [3.63, 3.8) is 0 Å². The van der Waals surface area contributed by atoms with Crippen molar-refractivity contribution in [2.24, 2.45) is 0 Å². The van der Waals surface area contributed by atoms with E-state index in [1.54, 1.807) is 6.92 Å². The van der Waals surface area contributed by atoms with Gasteiger partial charge in [-0.2, -0.15) is 0 Å². The number of aliphatic hydroxyl groups excluding tert-OH is 5. The van der Waals surface area contributed by atoms with Gasteiger partial charge in [-0.25, -0.2) is 0 Å². The Morgan fingerprint density at radius 3 is 1.79 bits per heavy atom. The van der Waals surface area contributed by atoms with E-state index in [1.165, 1.54) is 108 Å². The Morgan fingerprint density at radius 2 is 1.25 bits per heavy atom. The fraction of sp³-hybridized carbons (Fsp3) is 0.821. The predicted octanol–water partition coefficient (Wildman–Crippen LogP) is 6.37. The van der Waals surface area contributed by atoms with Crippen LogP contribution in [0.5, 0.6) is 0 Å². The third kappa shape index (κ3) is 23.8. The van der Waals surface area contributed by atoms with Crippen molar-refractivity contribution < 1.29 is 45.3 Å². The van der Waals surface area contributed by atoms with Gasteiger partial charge in [0.05, 0.1) is 19.3 Å². The van der Waals surface area contributed by atoms with Gasteiger partial charge in [-0.3, -0.25) is 0 Å². The van der Waals surface area contributed by atoms with Crippen molar-refractivity contribution in [3.05, 3.63) is 35.9 Å². The number of hydrogen-bond acceptors (Lipinski definition) is 8. The molecule has 0 bridgehead atoms. The first kappa shape index (κ1) is 46.6. The molecule has 0 aliphatic carbocycles. The van der Waals surface area contributed by atoms with E-state index in [2.05, 4.69) is 37.3 Å². The summed E-state index contributed by atoms with van der Waals surface area (Å²) in [6.07, 6.45) is 19.2. The number of aliphatic hydroxyl groups is 5. The minimum Gasteiger partial charge on any atom is -0.412 e. The number of benzene rings is 1. The van der Waals surface area contributed by atoms with Crippen LogP contribution in [0.3, 0.4) is 0 Å². The second kappa shape index (κ2) is 31.5. The Bertz CT molecular complexity index is 838. The van der Waals surface area contributed by atoms with E-state index >= 15 is 0 Å². The van der Waals surface area contributed by atoms with Crippen LogP contribution in [0.4, 0.5) is 0 Å². The van der Waals surface area contributed by atoms with E-state index in [4.69, 9.17) is 9.47 Å². The van der Waals surface area contributed by atoms with E-state index in [1.807, 2.05) is 0 Å². The highest BCUT2D eigenvalue weighted by atomic mass is 16.7. The average Bonchev–Trinajstić information content (AvgIpc) is 3.07. The molecule has 282 valence electrons. The molecule has 1 aliphatic rings. The molecular weight excluding hydrogens is 612 g/mol. The molecule has 1 aromatic rings. The Hall–Kier alpha value is -1.43. The van der Waals surface area contributed by atoms with Crippen LogP contribution in [-0.4, -0.2) is 86.8 Å². The number of ether oxygens (including phenoxy) is 2. The lowest BCUT2D eigenvalue weighted by Crippen LogP contribution is -2.59. The second-order valence-corrected chi connectivity index (χ2v) is 13.5.